The Morgan fingerprint density at radius 2 is 1.68 bits per heavy atom. The van der Waals surface area contributed by atoms with Crippen LogP contribution in [-0.4, -0.2) is 39.5 Å². The molecule has 0 spiro atoms. The minimum atomic E-state index is -1.04. The van der Waals surface area contributed by atoms with Gasteiger partial charge >= 0.3 is 5.97 Å². The summed E-state index contributed by atoms with van der Waals surface area (Å²) in [6.45, 7) is 2.00. The molecule has 2 aromatic carbocycles. The SMILES string of the molecule is COC(=O)C[C@@H](c1c(O)cc(C)n(CCc2ccc(O)cc2)c1=O)c1cc2ccc(OC)cc2n(C)c1=O. The number of aromatic nitrogens is 2. The molecule has 2 heterocycles. The summed E-state index contributed by atoms with van der Waals surface area (Å²) in [4.78, 5) is 39.8. The molecule has 0 amide bonds. The Balaban J connectivity index is 1.87. The Morgan fingerprint density at radius 3 is 2.34 bits per heavy atom. The molecule has 0 aliphatic heterocycles. The number of rotatable bonds is 8. The number of aromatic hydroxyl groups is 2. The number of ether oxygens (including phenoxy) is 2. The summed E-state index contributed by atoms with van der Waals surface area (Å²) in [5, 5.41) is 21.2. The van der Waals surface area contributed by atoms with Crippen molar-refractivity contribution < 1.29 is 24.5 Å². The molecule has 198 valence electrons. The first kappa shape index (κ1) is 26.5. The van der Waals surface area contributed by atoms with E-state index < -0.39 is 23.0 Å². The number of hydrogen-bond donors (Lipinski definition) is 2. The molecule has 0 aliphatic rings. The van der Waals surface area contributed by atoms with Crippen molar-refractivity contribution in [3.05, 3.63) is 97.7 Å². The van der Waals surface area contributed by atoms with E-state index in [0.29, 0.717) is 35.3 Å². The molecule has 1 atom stereocenters. The van der Waals surface area contributed by atoms with E-state index in [9.17, 15) is 24.6 Å². The van der Waals surface area contributed by atoms with Crippen molar-refractivity contribution in [1.82, 2.24) is 9.13 Å². The van der Waals surface area contributed by atoms with Gasteiger partial charge in [0.05, 0.1) is 31.7 Å². The van der Waals surface area contributed by atoms with Gasteiger partial charge in [-0.15, -0.1) is 0 Å². The second-order valence-electron chi connectivity index (χ2n) is 9.18. The lowest BCUT2D eigenvalue weighted by Gasteiger charge is -2.21. The van der Waals surface area contributed by atoms with Crippen molar-refractivity contribution >= 4 is 16.9 Å². The van der Waals surface area contributed by atoms with Gasteiger partial charge in [0.25, 0.3) is 11.1 Å². The topological polar surface area (TPSA) is 120 Å². The zero-order valence-corrected chi connectivity index (χ0v) is 21.7. The average Bonchev–Trinajstić information content (AvgIpc) is 2.90. The predicted molar refractivity (Wildman–Crippen MR) is 143 cm³/mol. The third kappa shape index (κ3) is 5.13. The van der Waals surface area contributed by atoms with Crippen LogP contribution in [0.5, 0.6) is 17.2 Å². The smallest absolute Gasteiger partial charge is 0.306 e. The fourth-order valence-corrected chi connectivity index (χ4v) is 4.74. The number of phenols is 1. The van der Waals surface area contributed by atoms with Crippen LogP contribution in [0.25, 0.3) is 10.9 Å². The molecule has 0 radical (unpaired) electrons. The summed E-state index contributed by atoms with van der Waals surface area (Å²) < 4.78 is 13.1. The summed E-state index contributed by atoms with van der Waals surface area (Å²) in [5.74, 6) is -1.23. The molecular formula is C29H30N2O7. The fraction of sp³-hybridized carbons (Fsp3) is 0.276. The van der Waals surface area contributed by atoms with Crippen molar-refractivity contribution in [2.24, 2.45) is 7.05 Å². The van der Waals surface area contributed by atoms with Crippen LogP contribution >= 0.6 is 0 Å². The number of benzene rings is 2. The number of hydrogen-bond acceptors (Lipinski definition) is 7. The number of nitrogens with zero attached hydrogens (tertiary/aromatic N) is 2. The first-order chi connectivity index (χ1) is 18.1. The number of esters is 1. The lowest BCUT2D eigenvalue weighted by Crippen LogP contribution is -2.32. The van der Waals surface area contributed by atoms with Gasteiger partial charge in [-0.05, 0) is 60.7 Å². The Labute approximate surface area is 219 Å². The third-order valence-electron chi connectivity index (χ3n) is 6.87. The maximum atomic E-state index is 13.8. The van der Waals surface area contributed by atoms with E-state index in [1.807, 2.05) is 0 Å². The number of phenolic OH excluding ortho intramolecular Hbond substituents is 1. The summed E-state index contributed by atoms with van der Waals surface area (Å²) in [6.07, 6.45) is 0.184. The van der Waals surface area contributed by atoms with E-state index in [-0.39, 0.29) is 29.0 Å². The Morgan fingerprint density at radius 1 is 0.974 bits per heavy atom. The minimum Gasteiger partial charge on any atom is -0.508 e. The molecule has 0 fully saturated rings. The highest BCUT2D eigenvalue weighted by atomic mass is 16.5. The lowest BCUT2D eigenvalue weighted by atomic mass is 9.88. The van der Waals surface area contributed by atoms with Gasteiger partial charge in [-0.3, -0.25) is 14.4 Å². The van der Waals surface area contributed by atoms with Crippen LogP contribution < -0.4 is 15.9 Å². The Bertz CT molecular complexity index is 1620. The summed E-state index contributed by atoms with van der Waals surface area (Å²) in [7, 11) is 4.37. The van der Waals surface area contributed by atoms with Crippen molar-refractivity contribution in [3.8, 4) is 17.2 Å². The minimum absolute atomic E-state index is 0.0448. The molecule has 0 saturated heterocycles. The number of fused-ring (bicyclic) bond motifs is 1. The molecule has 0 bridgehead atoms. The van der Waals surface area contributed by atoms with Gasteiger partial charge in [0.2, 0.25) is 0 Å². The normalized spacial score (nSPS) is 11.9. The monoisotopic (exact) mass is 518 g/mol. The summed E-state index contributed by atoms with van der Waals surface area (Å²) >= 11 is 0. The number of carbonyl (C=O) groups is 1. The van der Waals surface area contributed by atoms with Crippen molar-refractivity contribution in [1.29, 1.82) is 0 Å². The number of pyridine rings is 2. The highest BCUT2D eigenvalue weighted by Crippen LogP contribution is 2.33. The largest absolute Gasteiger partial charge is 0.508 e. The third-order valence-corrected chi connectivity index (χ3v) is 6.87. The highest BCUT2D eigenvalue weighted by molar-refractivity contribution is 5.82. The molecule has 0 aliphatic carbocycles. The Hall–Kier alpha value is -4.53. The molecule has 2 N–H and O–H groups in total. The van der Waals surface area contributed by atoms with Crippen molar-refractivity contribution in [3.63, 3.8) is 0 Å². The number of carbonyl (C=O) groups excluding carboxylic acids is 1. The zero-order chi connectivity index (χ0) is 27.6. The maximum absolute atomic E-state index is 13.8. The summed E-state index contributed by atoms with van der Waals surface area (Å²) in [5.41, 5.74) is 1.31. The first-order valence-corrected chi connectivity index (χ1v) is 12.1. The summed E-state index contributed by atoms with van der Waals surface area (Å²) in [6, 6.07) is 15.1. The molecular weight excluding hydrogens is 488 g/mol. The van der Waals surface area contributed by atoms with Gasteiger partial charge in [-0.2, -0.15) is 0 Å². The van der Waals surface area contributed by atoms with E-state index in [1.165, 1.54) is 29.4 Å². The molecule has 38 heavy (non-hydrogen) atoms. The van der Waals surface area contributed by atoms with Gasteiger partial charge in [0, 0.05) is 36.8 Å². The lowest BCUT2D eigenvalue weighted by molar-refractivity contribution is -0.140. The van der Waals surface area contributed by atoms with E-state index in [2.05, 4.69) is 0 Å². The molecule has 9 heteroatoms. The average molecular weight is 519 g/mol. The second kappa shape index (κ2) is 10.8. The van der Waals surface area contributed by atoms with Gasteiger partial charge in [0.15, 0.2) is 0 Å². The van der Waals surface area contributed by atoms with Crippen molar-refractivity contribution in [2.45, 2.75) is 32.2 Å². The molecule has 4 aromatic rings. The molecule has 9 nitrogen and oxygen atoms in total. The van der Waals surface area contributed by atoms with Crippen LogP contribution in [-0.2, 0) is 29.5 Å². The van der Waals surface area contributed by atoms with Gasteiger partial charge in [-0.1, -0.05) is 12.1 Å². The van der Waals surface area contributed by atoms with Crippen LogP contribution in [0.4, 0.5) is 0 Å². The predicted octanol–water partition coefficient (Wildman–Crippen LogP) is 3.37. The van der Waals surface area contributed by atoms with Crippen LogP contribution in [0.3, 0.4) is 0 Å². The maximum Gasteiger partial charge on any atom is 0.306 e. The van der Waals surface area contributed by atoms with E-state index >= 15 is 0 Å². The van der Waals surface area contributed by atoms with Gasteiger partial charge < -0.3 is 28.8 Å². The van der Waals surface area contributed by atoms with Crippen LogP contribution in [0.1, 0.15) is 34.7 Å². The quantitative estimate of drug-likeness (QED) is 0.343. The van der Waals surface area contributed by atoms with Crippen LogP contribution in [0.15, 0.2) is 64.2 Å². The first-order valence-electron chi connectivity index (χ1n) is 12.1. The second-order valence-corrected chi connectivity index (χ2v) is 9.18. The van der Waals surface area contributed by atoms with E-state index in [4.69, 9.17) is 9.47 Å². The molecule has 0 saturated carbocycles. The van der Waals surface area contributed by atoms with Crippen LogP contribution in [0, 0.1) is 6.92 Å². The number of methoxy groups -OCH3 is 2. The zero-order valence-electron chi connectivity index (χ0n) is 21.7. The molecule has 4 rings (SSSR count). The fourth-order valence-electron chi connectivity index (χ4n) is 4.74. The van der Waals surface area contributed by atoms with Gasteiger partial charge in [0.1, 0.15) is 17.2 Å². The highest BCUT2D eigenvalue weighted by Gasteiger charge is 2.29. The Kier molecular flexibility index (Phi) is 7.57. The van der Waals surface area contributed by atoms with E-state index in [0.717, 1.165) is 5.56 Å². The molecule has 2 aromatic heterocycles. The van der Waals surface area contributed by atoms with Gasteiger partial charge in [-0.25, -0.2) is 0 Å². The molecule has 0 unspecified atom stereocenters. The van der Waals surface area contributed by atoms with E-state index in [1.54, 1.807) is 62.5 Å². The van der Waals surface area contributed by atoms with Crippen molar-refractivity contribution in [2.75, 3.05) is 14.2 Å². The number of aryl methyl sites for hydroxylation is 3. The standard InChI is InChI=1S/C29H30N2O7/c1-17-13-25(33)27(29(36)31(17)12-11-18-5-8-20(32)9-6-18)22(16-26(34)38-4)23-14-19-7-10-21(37-3)15-24(19)30(2)28(23)35/h5-10,13-15,22,32-33H,11-12,16H2,1-4H3/t22-/m1/s1. The van der Waals surface area contributed by atoms with Crippen LogP contribution in [0.2, 0.25) is 0 Å².